The van der Waals surface area contributed by atoms with Gasteiger partial charge in [-0.15, -0.1) is 0 Å². The molecule has 0 aliphatic carbocycles. The molecule has 0 aromatic carbocycles. The van der Waals surface area contributed by atoms with E-state index in [1.807, 2.05) is 19.1 Å². The normalized spacial score (nSPS) is 10.7. The molecule has 2 rings (SSSR count). The third-order valence-corrected chi connectivity index (χ3v) is 2.55. The molecule has 2 aromatic heterocycles. The first-order valence-electron chi connectivity index (χ1n) is 5.28. The van der Waals surface area contributed by atoms with E-state index in [0.29, 0.717) is 11.0 Å². The predicted octanol–water partition coefficient (Wildman–Crippen LogP) is 3.65. The molecule has 0 atom stereocenters. The second-order valence-corrected chi connectivity index (χ2v) is 4.03. The summed E-state index contributed by atoms with van der Waals surface area (Å²) in [6, 6.07) is 3.67. The molecule has 0 N–H and O–H groups in total. The highest BCUT2D eigenvalue weighted by molar-refractivity contribution is 6.29. The van der Waals surface area contributed by atoms with Crippen LogP contribution in [-0.2, 0) is 6.42 Å². The maximum atomic E-state index is 5.97. The lowest BCUT2D eigenvalue weighted by molar-refractivity contribution is 0.535. The minimum Gasteiger partial charge on any atom is -0.469 e. The van der Waals surface area contributed by atoms with Crippen LogP contribution in [0.4, 0.5) is 0 Å². The molecule has 0 saturated heterocycles. The van der Waals surface area contributed by atoms with Crippen molar-refractivity contribution < 1.29 is 4.42 Å². The average Bonchev–Trinajstić information content (AvgIpc) is 2.64. The van der Waals surface area contributed by atoms with Crippen LogP contribution < -0.4 is 0 Å². The highest BCUT2D eigenvalue weighted by Crippen LogP contribution is 2.22. The zero-order valence-corrected chi connectivity index (χ0v) is 10.1. The van der Waals surface area contributed by atoms with Crippen LogP contribution in [0.5, 0.6) is 0 Å². The van der Waals surface area contributed by atoms with Gasteiger partial charge in [0.15, 0.2) is 5.82 Å². The Labute approximate surface area is 99.5 Å². The van der Waals surface area contributed by atoms with Crippen molar-refractivity contribution in [3.05, 3.63) is 35.0 Å². The van der Waals surface area contributed by atoms with E-state index < -0.39 is 0 Å². The number of halogens is 1. The Morgan fingerprint density at radius 2 is 2.19 bits per heavy atom. The Kier molecular flexibility index (Phi) is 3.25. The van der Waals surface area contributed by atoms with Gasteiger partial charge in [0.05, 0.1) is 11.8 Å². The van der Waals surface area contributed by atoms with Crippen LogP contribution in [-0.4, -0.2) is 9.97 Å². The van der Waals surface area contributed by atoms with Crippen molar-refractivity contribution in [2.24, 2.45) is 0 Å². The van der Waals surface area contributed by atoms with Gasteiger partial charge in [0, 0.05) is 5.69 Å². The van der Waals surface area contributed by atoms with Crippen LogP contribution in [0.1, 0.15) is 24.8 Å². The summed E-state index contributed by atoms with van der Waals surface area (Å²) in [4.78, 5) is 8.68. The van der Waals surface area contributed by atoms with E-state index in [1.165, 1.54) is 0 Å². The van der Waals surface area contributed by atoms with Gasteiger partial charge in [0.1, 0.15) is 10.9 Å². The van der Waals surface area contributed by atoms with Crippen LogP contribution in [0.3, 0.4) is 0 Å². The molecule has 0 aliphatic rings. The van der Waals surface area contributed by atoms with E-state index in [2.05, 4.69) is 16.9 Å². The van der Waals surface area contributed by atoms with Gasteiger partial charge in [-0.05, 0) is 25.5 Å². The van der Waals surface area contributed by atoms with Gasteiger partial charge in [-0.3, -0.25) is 0 Å². The molecule has 0 amide bonds. The molecular weight excluding hydrogens is 224 g/mol. The van der Waals surface area contributed by atoms with E-state index in [4.69, 9.17) is 16.0 Å². The van der Waals surface area contributed by atoms with Crippen molar-refractivity contribution in [3.8, 4) is 11.4 Å². The zero-order chi connectivity index (χ0) is 11.5. The molecular formula is C12H13ClN2O. The molecule has 4 heteroatoms. The van der Waals surface area contributed by atoms with Gasteiger partial charge < -0.3 is 4.42 Å². The number of aryl methyl sites for hydroxylation is 2. The molecule has 0 fully saturated rings. The molecule has 16 heavy (non-hydrogen) atoms. The average molecular weight is 237 g/mol. The smallest absolute Gasteiger partial charge is 0.164 e. The van der Waals surface area contributed by atoms with E-state index in [-0.39, 0.29) is 0 Å². The van der Waals surface area contributed by atoms with Gasteiger partial charge in [-0.1, -0.05) is 24.9 Å². The van der Waals surface area contributed by atoms with E-state index in [1.54, 1.807) is 6.26 Å². The van der Waals surface area contributed by atoms with Crippen LogP contribution in [0.25, 0.3) is 11.4 Å². The SMILES string of the molecule is CCCc1cc(Cl)nc(-c2ccoc2C)n1. The molecule has 0 saturated carbocycles. The first kappa shape index (κ1) is 11.1. The lowest BCUT2D eigenvalue weighted by atomic mass is 10.2. The summed E-state index contributed by atoms with van der Waals surface area (Å²) in [5.74, 6) is 1.45. The molecule has 0 bridgehead atoms. The molecule has 84 valence electrons. The first-order chi connectivity index (χ1) is 7.70. The van der Waals surface area contributed by atoms with Gasteiger partial charge >= 0.3 is 0 Å². The van der Waals surface area contributed by atoms with E-state index in [0.717, 1.165) is 29.9 Å². The van der Waals surface area contributed by atoms with Crippen molar-refractivity contribution in [2.45, 2.75) is 26.7 Å². The highest BCUT2D eigenvalue weighted by Gasteiger charge is 2.09. The Bertz CT molecular complexity index is 494. The van der Waals surface area contributed by atoms with Crippen LogP contribution in [0.2, 0.25) is 5.15 Å². The summed E-state index contributed by atoms with van der Waals surface area (Å²) in [5, 5.41) is 0.481. The van der Waals surface area contributed by atoms with Gasteiger partial charge in [-0.2, -0.15) is 0 Å². The fourth-order valence-corrected chi connectivity index (χ4v) is 1.79. The number of nitrogens with zero attached hydrogens (tertiary/aromatic N) is 2. The monoisotopic (exact) mass is 236 g/mol. The van der Waals surface area contributed by atoms with Crippen molar-refractivity contribution in [1.82, 2.24) is 9.97 Å². The Morgan fingerprint density at radius 1 is 1.38 bits per heavy atom. The molecule has 2 heterocycles. The fraction of sp³-hybridized carbons (Fsp3) is 0.333. The third-order valence-electron chi connectivity index (χ3n) is 2.35. The molecule has 0 aliphatic heterocycles. The number of hydrogen-bond donors (Lipinski definition) is 0. The highest BCUT2D eigenvalue weighted by atomic mass is 35.5. The number of aromatic nitrogens is 2. The molecule has 0 spiro atoms. The molecule has 3 nitrogen and oxygen atoms in total. The maximum Gasteiger partial charge on any atom is 0.164 e. The standard InChI is InChI=1S/C12H13ClN2O/c1-3-4-9-7-11(13)15-12(14-9)10-5-6-16-8(10)2/h5-7H,3-4H2,1-2H3. The van der Waals surface area contributed by atoms with Crippen LogP contribution in [0.15, 0.2) is 22.8 Å². The number of furan rings is 1. The fourth-order valence-electron chi connectivity index (χ4n) is 1.59. The Hall–Kier alpha value is -1.35. The quantitative estimate of drug-likeness (QED) is 0.764. The zero-order valence-electron chi connectivity index (χ0n) is 9.33. The molecule has 0 radical (unpaired) electrons. The largest absolute Gasteiger partial charge is 0.469 e. The first-order valence-corrected chi connectivity index (χ1v) is 5.66. The topological polar surface area (TPSA) is 38.9 Å². The van der Waals surface area contributed by atoms with Gasteiger partial charge in [-0.25, -0.2) is 9.97 Å². The summed E-state index contributed by atoms with van der Waals surface area (Å²) < 4.78 is 5.24. The summed E-state index contributed by atoms with van der Waals surface area (Å²) in [7, 11) is 0. The lowest BCUT2D eigenvalue weighted by Crippen LogP contribution is -1.96. The number of hydrogen-bond acceptors (Lipinski definition) is 3. The minimum absolute atomic E-state index is 0.481. The lowest BCUT2D eigenvalue weighted by Gasteiger charge is -2.03. The van der Waals surface area contributed by atoms with Gasteiger partial charge in [0.2, 0.25) is 0 Å². The van der Waals surface area contributed by atoms with E-state index >= 15 is 0 Å². The van der Waals surface area contributed by atoms with Crippen molar-refractivity contribution in [2.75, 3.05) is 0 Å². The van der Waals surface area contributed by atoms with Crippen molar-refractivity contribution in [1.29, 1.82) is 0 Å². The van der Waals surface area contributed by atoms with Crippen molar-refractivity contribution in [3.63, 3.8) is 0 Å². The predicted molar refractivity (Wildman–Crippen MR) is 63.5 cm³/mol. The van der Waals surface area contributed by atoms with Gasteiger partial charge in [0.25, 0.3) is 0 Å². The van der Waals surface area contributed by atoms with Crippen molar-refractivity contribution >= 4 is 11.6 Å². The Balaban J connectivity index is 2.45. The van der Waals surface area contributed by atoms with Crippen LogP contribution >= 0.6 is 11.6 Å². The van der Waals surface area contributed by atoms with Crippen LogP contribution in [0, 0.1) is 6.92 Å². The summed E-state index contributed by atoms with van der Waals surface area (Å²) in [6.07, 6.45) is 3.58. The second kappa shape index (κ2) is 4.66. The molecule has 0 unspecified atom stereocenters. The third kappa shape index (κ3) is 2.25. The summed E-state index contributed by atoms with van der Waals surface area (Å²) >= 11 is 5.97. The Morgan fingerprint density at radius 3 is 2.81 bits per heavy atom. The van der Waals surface area contributed by atoms with E-state index in [9.17, 15) is 0 Å². The summed E-state index contributed by atoms with van der Waals surface area (Å²) in [6.45, 7) is 4.00. The molecule has 2 aromatic rings. The maximum absolute atomic E-state index is 5.97. The second-order valence-electron chi connectivity index (χ2n) is 3.65. The minimum atomic E-state index is 0.481. The number of rotatable bonds is 3. The summed E-state index contributed by atoms with van der Waals surface area (Å²) in [5.41, 5.74) is 1.87.